The van der Waals surface area contributed by atoms with Gasteiger partial charge in [-0.2, -0.15) is 0 Å². The van der Waals surface area contributed by atoms with Crippen LogP contribution in [0.3, 0.4) is 0 Å². The van der Waals surface area contributed by atoms with Gasteiger partial charge in [-0.1, -0.05) is 6.07 Å². The van der Waals surface area contributed by atoms with Gasteiger partial charge in [0.1, 0.15) is 6.04 Å². The molecule has 2 aliphatic rings. The second kappa shape index (κ2) is 6.13. The number of amides is 4. The van der Waals surface area contributed by atoms with Crippen LogP contribution in [0.25, 0.3) is 0 Å². The van der Waals surface area contributed by atoms with Crippen molar-refractivity contribution in [3.8, 4) is 0 Å². The minimum atomic E-state index is -0.938. The zero-order valence-electron chi connectivity index (χ0n) is 12.2. The molecule has 8 heteroatoms. The molecule has 0 radical (unpaired) electrons. The Labute approximate surface area is 136 Å². The number of fused-ring (bicyclic) bond motifs is 1. The number of nitrogens with two attached hydrogens (primary N) is 1. The molecule has 23 heavy (non-hydrogen) atoms. The fourth-order valence-electron chi connectivity index (χ4n) is 2.77. The Balaban J connectivity index is 1.94. The number of benzene rings is 1. The predicted octanol–water partition coefficient (Wildman–Crippen LogP) is 0.139. The summed E-state index contributed by atoms with van der Waals surface area (Å²) in [6, 6.07) is 4.11. The Bertz CT molecular complexity index is 719. The molecule has 0 spiro atoms. The van der Waals surface area contributed by atoms with Crippen LogP contribution >= 0.6 is 11.8 Å². The van der Waals surface area contributed by atoms with Crippen molar-refractivity contribution in [2.75, 3.05) is 12.3 Å². The SMILES string of the molecule is NCCSc1cccc2c1C(=O)N(C1CCC(=O)NC1=O)C2=O. The third-order valence-electron chi connectivity index (χ3n) is 3.81. The second-order valence-corrected chi connectivity index (χ2v) is 6.40. The normalized spacial score (nSPS) is 20.7. The van der Waals surface area contributed by atoms with E-state index < -0.39 is 23.8 Å². The van der Waals surface area contributed by atoms with E-state index in [-0.39, 0.29) is 18.7 Å². The van der Waals surface area contributed by atoms with Gasteiger partial charge in [0.25, 0.3) is 11.8 Å². The van der Waals surface area contributed by atoms with Crippen molar-refractivity contribution in [3.63, 3.8) is 0 Å². The van der Waals surface area contributed by atoms with E-state index in [1.165, 1.54) is 11.8 Å². The first-order valence-corrected chi connectivity index (χ1v) is 8.20. The minimum absolute atomic E-state index is 0.110. The zero-order valence-corrected chi connectivity index (χ0v) is 13.0. The van der Waals surface area contributed by atoms with Crippen LogP contribution in [0.4, 0.5) is 0 Å². The molecule has 0 saturated carbocycles. The van der Waals surface area contributed by atoms with Gasteiger partial charge in [0.15, 0.2) is 0 Å². The van der Waals surface area contributed by atoms with Crippen LogP contribution in [0.1, 0.15) is 33.6 Å². The number of piperidine rings is 1. The van der Waals surface area contributed by atoms with Crippen molar-refractivity contribution in [2.24, 2.45) is 5.73 Å². The Morgan fingerprint density at radius 2 is 2.00 bits per heavy atom. The second-order valence-electron chi connectivity index (χ2n) is 5.26. The Morgan fingerprint density at radius 3 is 2.70 bits per heavy atom. The first-order chi connectivity index (χ1) is 11.0. The molecule has 3 N–H and O–H groups in total. The standard InChI is InChI=1S/C15H15N3O4S/c16-6-7-23-10-3-1-2-8-12(10)15(22)18(14(8)21)9-4-5-11(19)17-13(9)20/h1-3,9H,4-7,16H2,(H,17,19,20). The lowest BCUT2D eigenvalue weighted by Crippen LogP contribution is -2.54. The van der Waals surface area contributed by atoms with Crippen molar-refractivity contribution >= 4 is 35.4 Å². The molecular weight excluding hydrogens is 318 g/mol. The van der Waals surface area contributed by atoms with Crippen LogP contribution in [0.2, 0.25) is 0 Å². The molecule has 1 fully saturated rings. The van der Waals surface area contributed by atoms with E-state index in [9.17, 15) is 19.2 Å². The largest absolute Gasteiger partial charge is 0.330 e. The summed E-state index contributed by atoms with van der Waals surface area (Å²) < 4.78 is 0. The van der Waals surface area contributed by atoms with Gasteiger partial charge in [0.2, 0.25) is 11.8 Å². The minimum Gasteiger partial charge on any atom is -0.330 e. The van der Waals surface area contributed by atoms with Gasteiger partial charge in [-0.15, -0.1) is 11.8 Å². The third-order valence-corrected chi connectivity index (χ3v) is 4.90. The van der Waals surface area contributed by atoms with Gasteiger partial charge >= 0.3 is 0 Å². The molecule has 1 aromatic rings. The summed E-state index contributed by atoms with van der Waals surface area (Å²) in [4.78, 5) is 50.2. The number of thioether (sulfide) groups is 1. The molecule has 1 atom stereocenters. The number of hydrogen-bond donors (Lipinski definition) is 2. The molecule has 1 aromatic carbocycles. The molecular formula is C15H15N3O4S. The molecule has 7 nitrogen and oxygen atoms in total. The molecule has 2 aliphatic heterocycles. The van der Waals surface area contributed by atoms with Crippen LogP contribution < -0.4 is 11.1 Å². The summed E-state index contributed by atoms with van der Waals surface area (Å²) in [5, 5.41) is 2.18. The fourth-order valence-corrected chi connectivity index (χ4v) is 3.63. The highest BCUT2D eigenvalue weighted by Crippen LogP contribution is 2.34. The lowest BCUT2D eigenvalue weighted by Gasteiger charge is -2.27. The van der Waals surface area contributed by atoms with Crippen molar-refractivity contribution in [3.05, 3.63) is 29.3 Å². The quantitative estimate of drug-likeness (QED) is 0.599. The van der Waals surface area contributed by atoms with Crippen LogP contribution in [-0.2, 0) is 9.59 Å². The summed E-state index contributed by atoms with van der Waals surface area (Å²) in [6.07, 6.45) is 0.264. The van der Waals surface area contributed by atoms with E-state index in [1.807, 2.05) is 0 Å². The average molecular weight is 333 g/mol. The van der Waals surface area contributed by atoms with Crippen molar-refractivity contribution in [2.45, 2.75) is 23.8 Å². The van der Waals surface area contributed by atoms with E-state index in [4.69, 9.17) is 5.73 Å². The van der Waals surface area contributed by atoms with E-state index >= 15 is 0 Å². The fraction of sp³-hybridized carbons (Fsp3) is 0.333. The maximum atomic E-state index is 12.7. The van der Waals surface area contributed by atoms with Crippen LogP contribution in [-0.4, -0.2) is 46.9 Å². The van der Waals surface area contributed by atoms with Crippen LogP contribution in [0, 0.1) is 0 Å². The molecule has 0 aliphatic carbocycles. The van der Waals surface area contributed by atoms with Crippen molar-refractivity contribution < 1.29 is 19.2 Å². The number of hydrogen-bond acceptors (Lipinski definition) is 6. The summed E-state index contributed by atoms with van der Waals surface area (Å²) in [7, 11) is 0. The highest BCUT2D eigenvalue weighted by atomic mass is 32.2. The topological polar surface area (TPSA) is 110 Å². The van der Waals surface area contributed by atoms with E-state index in [1.54, 1.807) is 18.2 Å². The Kier molecular flexibility index (Phi) is 4.18. The molecule has 3 rings (SSSR count). The molecule has 0 bridgehead atoms. The molecule has 1 saturated heterocycles. The maximum absolute atomic E-state index is 12.7. The number of rotatable bonds is 4. The van der Waals surface area contributed by atoms with Gasteiger partial charge in [0, 0.05) is 23.6 Å². The summed E-state index contributed by atoms with van der Waals surface area (Å²) in [5.74, 6) is -1.35. The summed E-state index contributed by atoms with van der Waals surface area (Å²) >= 11 is 1.40. The summed E-state index contributed by atoms with van der Waals surface area (Å²) in [5.41, 5.74) is 6.10. The summed E-state index contributed by atoms with van der Waals surface area (Å²) in [6.45, 7) is 0.452. The molecule has 120 valence electrons. The first kappa shape index (κ1) is 15.7. The van der Waals surface area contributed by atoms with E-state index in [2.05, 4.69) is 5.32 Å². The molecule has 4 amide bonds. The van der Waals surface area contributed by atoms with Gasteiger partial charge in [-0.05, 0) is 18.6 Å². The molecule has 2 heterocycles. The van der Waals surface area contributed by atoms with Gasteiger partial charge in [-0.3, -0.25) is 29.4 Å². The number of carbonyl (C=O) groups excluding carboxylic acids is 4. The highest BCUT2D eigenvalue weighted by Gasteiger charge is 2.45. The highest BCUT2D eigenvalue weighted by molar-refractivity contribution is 7.99. The maximum Gasteiger partial charge on any atom is 0.263 e. The molecule has 1 unspecified atom stereocenters. The van der Waals surface area contributed by atoms with Crippen molar-refractivity contribution in [1.29, 1.82) is 0 Å². The number of imide groups is 2. The van der Waals surface area contributed by atoms with Gasteiger partial charge in [-0.25, -0.2) is 0 Å². The van der Waals surface area contributed by atoms with Gasteiger partial charge in [0.05, 0.1) is 11.1 Å². The van der Waals surface area contributed by atoms with E-state index in [0.29, 0.717) is 28.3 Å². The predicted molar refractivity (Wildman–Crippen MR) is 82.9 cm³/mol. The molecule has 0 aromatic heterocycles. The van der Waals surface area contributed by atoms with Gasteiger partial charge < -0.3 is 5.73 Å². The third kappa shape index (κ3) is 2.64. The Morgan fingerprint density at radius 1 is 1.22 bits per heavy atom. The lowest BCUT2D eigenvalue weighted by molar-refractivity contribution is -0.136. The zero-order chi connectivity index (χ0) is 16.6. The van der Waals surface area contributed by atoms with Crippen LogP contribution in [0.5, 0.6) is 0 Å². The number of carbonyl (C=O) groups is 4. The lowest BCUT2D eigenvalue weighted by atomic mass is 10.0. The smallest absolute Gasteiger partial charge is 0.263 e. The Hall–Kier alpha value is -2.19. The van der Waals surface area contributed by atoms with Crippen molar-refractivity contribution in [1.82, 2.24) is 10.2 Å². The first-order valence-electron chi connectivity index (χ1n) is 7.22. The van der Waals surface area contributed by atoms with Crippen LogP contribution in [0.15, 0.2) is 23.1 Å². The number of nitrogens with zero attached hydrogens (tertiary/aromatic N) is 1. The number of nitrogens with one attached hydrogen (secondary N) is 1. The average Bonchev–Trinajstić information content (AvgIpc) is 2.78. The monoisotopic (exact) mass is 333 g/mol. The van der Waals surface area contributed by atoms with E-state index in [0.717, 1.165) is 4.90 Å².